The largest absolute Gasteiger partial charge is 0.455 e. The Kier molecular flexibility index (Phi) is 11.9. The van der Waals surface area contributed by atoms with E-state index in [1.807, 2.05) is 18.2 Å². The number of nitro benzene ring substituents is 1. The van der Waals surface area contributed by atoms with E-state index in [0.29, 0.717) is 36.6 Å². The lowest BCUT2D eigenvalue weighted by Gasteiger charge is -2.47. The fourth-order valence-corrected chi connectivity index (χ4v) is 10.1. The van der Waals surface area contributed by atoms with Crippen LogP contribution in [0.3, 0.4) is 0 Å². The highest BCUT2D eigenvalue weighted by Gasteiger charge is 2.41. The molecule has 15 nitrogen and oxygen atoms in total. The predicted octanol–water partition coefficient (Wildman–Crippen LogP) is 7.79. The van der Waals surface area contributed by atoms with Crippen LogP contribution in [0, 0.1) is 15.5 Å². The molecule has 4 heterocycles. The molecule has 2 aliphatic carbocycles. The van der Waals surface area contributed by atoms with Gasteiger partial charge in [0.1, 0.15) is 22.8 Å². The number of rotatable bonds is 13. The lowest BCUT2D eigenvalue weighted by atomic mass is 9.59. The van der Waals surface area contributed by atoms with E-state index < -0.39 is 31.4 Å². The average Bonchev–Trinajstić information content (AvgIpc) is 3.74. The number of sulfonamides is 1. The first-order valence-corrected chi connectivity index (χ1v) is 22.9. The molecule has 324 valence electrons. The Hall–Kier alpha value is -5.52. The van der Waals surface area contributed by atoms with Crippen molar-refractivity contribution in [3.63, 3.8) is 0 Å². The molecule has 1 saturated carbocycles. The molecule has 1 atom stereocenters. The van der Waals surface area contributed by atoms with Crippen LogP contribution in [0.5, 0.6) is 11.5 Å². The number of hydrogen-bond acceptors (Lipinski definition) is 12. The summed E-state index contributed by atoms with van der Waals surface area (Å²) in [4.78, 5) is 37.0. The highest BCUT2D eigenvalue weighted by molar-refractivity contribution is 7.90. The van der Waals surface area contributed by atoms with Crippen molar-refractivity contribution < 1.29 is 32.3 Å². The first kappa shape index (κ1) is 41.8. The number of fused-ring (bicyclic) bond motifs is 1. The lowest BCUT2D eigenvalue weighted by Crippen LogP contribution is -2.47. The molecule has 5 aromatic rings. The molecule has 2 saturated heterocycles. The molecular weight excluding hydrogens is 834 g/mol. The molecule has 62 heavy (non-hydrogen) atoms. The van der Waals surface area contributed by atoms with Crippen molar-refractivity contribution >= 4 is 61.2 Å². The summed E-state index contributed by atoms with van der Waals surface area (Å²) >= 11 is 6.27. The maximum atomic E-state index is 13.9. The second kappa shape index (κ2) is 17.7. The van der Waals surface area contributed by atoms with Gasteiger partial charge in [0.15, 0.2) is 0 Å². The van der Waals surface area contributed by atoms with E-state index in [1.165, 1.54) is 66.8 Å². The van der Waals surface area contributed by atoms with Crippen LogP contribution >= 0.6 is 11.6 Å². The lowest BCUT2D eigenvalue weighted by molar-refractivity contribution is -0.384. The number of H-pyrrole nitrogens is 1. The van der Waals surface area contributed by atoms with Crippen LogP contribution in [-0.2, 0) is 19.5 Å². The Morgan fingerprint density at radius 2 is 1.84 bits per heavy atom. The number of aromatic amines is 1. The second-order valence-electron chi connectivity index (χ2n) is 16.6. The summed E-state index contributed by atoms with van der Waals surface area (Å²) in [6.07, 6.45) is 10.4. The first-order valence-electron chi connectivity index (χ1n) is 21.0. The van der Waals surface area contributed by atoms with Gasteiger partial charge in [-0.25, -0.2) is 18.1 Å². The van der Waals surface area contributed by atoms with Crippen molar-refractivity contribution in [2.45, 2.75) is 49.5 Å². The fraction of sp³-hybridized carbons (Fsp3) is 0.378. The topological polar surface area (TPSA) is 181 Å². The number of nitrogens with one attached hydrogen (secondary N) is 3. The van der Waals surface area contributed by atoms with E-state index in [2.05, 4.69) is 41.9 Å². The summed E-state index contributed by atoms with van der Waals surface area (Å²) in [5.41, 5.74) is 5.75. The molecule has 4 aliphatic rings. The number of carbonyl (C=O) groups excluding carboxylic acids is 1. The summed E-state index contributed by atoms with van der Waals surface area (Å²) in [5.74, 6) is -0.494. The van der Waals surface area contributed by atoms with E-state index in [-0.39, 0.29) is 29.6 Å². The third-order valence-corrected chi connectivity index (χ3v) is 14.2. The van der Waals surface area contributed by atoms with Crippen LogP contribution in [0.2, 0.25) is 5.02 Å². The standard InChI is InChI=1S/C45H48ClN7O8S/c46-33-4-2-30(3-5-33)39-25-45(12-1-13-45)14-10-32(39)28-51-16-18-52(19-17-51)34-6-8-38(42(23-34)61-35-22-31-11-15-47-43(31)49-26-35)44(54)50-62(57,58)37-7-9-40(41(24-37)53(55)56)48-27-36-29-59-20-21-60-36/h2-9,11,15,22-24,26,36,48H,1,10,12-14,16-21,25,27-29H2,(H,47,49)(H,50,54)/t36-/m1/s1. The highest BCUT2D eigenvalue weighted by atomic mass is 35.5. The minimum absolute atomic E-state index is 0.0455. The number of carbonyl (C=O) groups is 1. The van der Waals surface area contributed by atoms with Crippen LogP contribution in [-0.4, -0.2) is 99.3 Å². The number of ether oxygens (including phenoxy) is 3. The number of aromatic nitrogens is 2. The number of amides is 1. The van der Waals surface area contributed by atoms with E-state index in [1.54, 1.807) is 24.4 Å². The van der Waals surface area contributed by atoms with Crippen molar-refractivity contribution in [2.75, 3.05) is 69.3 Å². The van der Waals surface area contributed by atoms with Gasteiger partial charge >= 0.3 is 0 Å². The molecule has 0 bridgehead atoms. The number of halogens is 1. The summed E-state index contributed by atoms with van der Waals surface area (Å²) in [7, 11) is -4.58. The maximum Gasteiger partial charge on any atom is 0.293 e. The van der Waals surface area contributed by atoms with Crippen molar-refractivity contribution in [2.24, 2.45) is 5.41 Å². The number of nitrogens with zero attached hydrogens (tertiary/aromatic N) is 4. The molecule has 9 rings (SSSR count). The van der Waals surface area contributed by atoms with Crippen LogP contribution in [0.25, 0.3) is 16.6 Å². The molecule has 1 amide bonds. The van der Waals surface area contributed by atoms with Gasteiger partial charge in [0.25, 0.3) is 21.6 Å². The van der Waals surface area contributed by atoms with E-state index >= 15 is 0 Å². The van der Waals surface area contributed by atoms with Crippen molar-refractivity contribution in [3.05, 3.63) is 117 Å². The van der Waals surface area contributed by atoms with Gasteiger partial charge in [-0.15, -0.1) is 0 Å². The molecule has 3 N–H and O–H groups in total. The second-order valence-corrected chi connectivity index (χ2v) is 18.7. The van der Waals surface area contributed by atoms with Gasteiger partial charge < -0.3 is 29.4 Å². The van der Waals surface area contributed by atoms with Gasteiger partial charge in [-0.3, -0.25) is 19.8 Å². The maximum absolute atomic E-state index is 13.9. The van der Waals surface area contributed by atoms with E-state index in [4.69, 9.17) is 25.8 Å². The smallest absolute Gasteiger partial charge is 0.293 e. The fourth-order valence-electron chi connectivity index (χ4n) is 9.00. The number of nitro groups is 1. The summed E-state index contributed by atoms with van der Waals surface area (Å²) in [6.45, 7) is 5.45. The quantitative estimate of drug-likeness (QED) is 0.0773. The van der Waals surface area contributed by atoms with Gasteiger partial charge in [-0.1, -0.05) is 35.7 Å². The van der Waals surface area contributed by atoms with Crippen LogP contribution in [0.4, 0.5) is 17.1 Å². The Balaban J connectivity index is 0.926. The van der Waals surface area contributed by atoms with Gasteiger partial charge in [0.05, 0.1) is 47.5 Å². The molecule has 3 aromatic carbocycles. The number of hydrogen-bond donors (Lipinski definition) is 3. The normalized spacial score (nSPS) is 19.3. The third kappa shape index (κ3) is 9.15. The van der Waals surface area contributed by atoms with E-state index in [9.17, 15) is 23.3 Å². The van der Waals surface area contributed by atoms with Gasteiger partial charge in [0.2, 0.25) is 0 Å². The summed E-state index contributed by atoms with van der Waals surface area (Å²) in [5, 5.41) is 16.5. The van der Waals surface area contributed by atoms with Gasteiger partial charge in [0, 0.05) is 73.7 Å². The van der Waals surface area contributed by atoms with Crippen molar-refractivity contribution in [1.82, 2.24) is 19.6 Å². The average molecular weight is 882 g/mol. The summed E-state index contributed by atoms with van der Waals surface area (Å²) < 4.78 is 46.7. The van der Waals surface area contributed by atoms with Crippen molar-refractivity contribution in [3.8, 4) is 11.5 Å². The number of allylic oxidation sites excluding steroid dienone is 1. The monoisotopic (exact) mass is 881 g/mol. The highest BCUT2D eigenvalue weighted by Crippen LogP contribution is 2.55. The van der Waals surface area contributed by atoms with Gasteiger partial charge in [-0.2, -0.15) is 0 Å². The Morgan fingerprint density at radius 1 is 1.02 bits per heavy atom. The van der Waals surface area contributed by atoms with Crippen LogP contribution in [0.1, 0.15) is 54.4 Å². The first-order chi connectivity index (χ1) is 30.0. The Bertz CT molecular complexity index is 2620. The molecule has 0 radical (unpaired) electrons. The SMILES string of the molecule is O=C(NS(=O)(=O)c1ccc(NC[C@@H]2COCCO2)c([N+](=O)[O-])c1)c1ccc(N2CCN(CC3=C(c4ccc(Cl)cc4)CC4(CCC4)CC3)CC2)cc1Oc1cnc2[nH]ccc2c1. The molecular formula is C45H48ClN7O8S. The van der Waals surface area contributed by atoms with Crippen molar-refractivity contribution in [1.29, 1.82) is 0 Å². The molecule has 3 fully saturated rings. The molecule has 0 unspecified atom stereocenters. The zero-order valence-corrected chi connectivity index (χ0v) is 35.7. The number of piperazine rings is 1. The van der Waals surface area contributed by atoms with Crippen LogP contribution < -0.4 is 19.7 Å². The minimum Gasteiger partial charge on any atom is -0.455 e. The molecule has 2 aliphatic heterocycles. The number of benzene rings is 3. The molecule has 17 heteroatoms. The number of anilines is 2. The predicted molar refractivity (Wildman–Crippen MR) is 237 cm³/mol. The zero-order chi connectivity index (χ0) is 42.8. The minimum atomic E-state index is -4.58. The Morgan fingerprint density at radius 3 is 2.58 bits per heavy atom. The summed E-state index contributed by atoms with van der Waals surface area (Å²) in [6, 6.07) is 20.4. The van der Waals surface area contributed by atoms with E-state index in [0.717, 1.165) is 67.7 Å². The molecule has 1 spiro atoms. The van der Waals surface area contributed by atoms with Gasteiger partial charge in [-0.05, 0) is 97.2 Å². The Labute approximate surface area is 364 Å². The van der Waals surface area contributed by atoms with Crippen LogP contribution in [0.15, 0.2) is 95.7 Å². The third-order valence-electron chi connectivity index (χ3n) is 12.6. The number of pyridine rings is 1. The zero-order valence-electron chi connectivity index (χ0n) is 34.1. The molecule has 2 aromatic heterocycles.